The Hall–Kier alpha value is -2.79. The molecule has 0 radical (unpaired) electrons. The zero-order valence-electron chi connectivity index (χ0n) is 13.1. The molecule has 2 aliphatic heterocycles. The summed E-state index contributed by atoms with van der Waals surface area (Å²) in [7, 11) is 0. The van der Waals surface area contributed by atoms with Crippen molar-refractivity contribution in [2.24, 2.45) is 0 Å². The minimum Gasteiger partial charge on any atom is -0.324 e. The largest absolute Gasteiger partial charge is 0.324 e. The van der Waals surface area contributed by atoms with Crippen LogP contribution in [0.5, 0.6) is 0 Å². The van der Waals surface area contributed by atoms with Crippen LogP contribution >= 0.6 is 11.6 Å². The van der Waals surface area contributed by atoms with E-state index in [0.29, 0.717) is 11.0 Å². The van der Waals surface area contributed by atoms with Crippen LogP contribution in [0.4, 0.5) is 11.6 Å². The van der Waals surface area contributed by atoms with Crippen LogP contribution < -0.4 is 10.7 Å². The molecule has 1 atom stereocenters. The maximum Gasteiger partial charge on any atom is 0.227 e. The Morgan fingerprint density at radius 2 is 2.17 bits per heavy atom. The fourth-order valence-electron chi connectivity index (χ4n) is 2.76. The van der Waals surface area contributed by atoms with Crippen LogP contribution in [0.3, 0.4) is 0 Å². The van der Waals surface area contributed by atoms with Crippen LogP contribution in [-0.4, -0.2) is 21.0 Å². The Bertz CT molecular complexity index is 871. The summed E-state index contributed by atoms with van der Waals surface area (Å²) in [5, 5.41) is 5.96. The Morgan fingerprint density at radius 1 is 1.25 bits per heavy atom. The zero-order valence-corrected chi connectivity index (χ0v) is 13.8. The van der Waals surface area contributed by atoms with Crippen molar-refractivity contribution in [3.8, 4) is 0 Å². The first kappa shape index (κ1) is 14.8. The molecule has 0 bridgehead atoms. The normalized spacial score (nSPS) is 18.2. The monoisotopic (exact) mass is 337 g/mol. The molecule has 0 saturated carbocycles. The topological polar surface area (TPSA) is 53.1 Å². The van der Waals surface area contributed by atoms with Gasteiger partial charge in [-0.2, -0.15) is 0 Å². The zero-order chi connectivity index (χ0) is 16.5. The van der Waals surface area contributed by atoms with Crippen LogP contribution in [0.1, 0.15) is 11.3 Å². The summed E-state index contributed by atoms with van der Waals surface area (Å²) in [6, 6.07) is 7.77. The maximum atomic E-state index is 6.08. The first-order chi connectivity index (χ1) is 11.7. The Labute approximate surface area is 145 Å². The van der Waals surface area contributed by atoms with Crippen molar-refractivity contribution >= 4 is 28.8 Å². The summed E-state index contributed by atoms with van der Waals surface area (Å²) in [4.78, 5) is 8.98. The molecule has 0 aliphatic carbocycles. The molecule has 0 amide bonds. The van der Waals surface area contributed by atoms with Crippen LogP contribution in [-0.2, 0) is 0 Å². The molecular weight excluding hydrogens is 322 g/mol. The predicted molar refractivity (Wildman–Crippen MR) is 96.5 cm³/mol. The lowest BCUT2D eigenvalue weighted by atomic mass is 10.0. The summed E-state index contributed by atoms with van der Waals surface area (Å²) in [6.07, 6.45) is 11.9. The molecule has 2 N–H and O–H groups in total. The molecule has 5 nitrogen and oxygen atoms in total. The van der Waals surface area contributed by atoms with Gasteiger partial charge in [0, 0.05) is 34.9 Å². The molecule has 0 fully saturated rings. The molecule has 120 valence electrons. The number of nitrogens with one attached hydrogen (secondary N) is 2. The molecule has 3 heterocycles. The van der Waals surface area contributed by atoms with Gasteiger partial charge >= 0.3 is 0 Å². The summed E-state index contributed by atoms with van der Waals surface area (Å²) in [6.45, 7) is 2.02. The van der Waals surface area contributed by atoms with Gasteiger partial charge in [-0.3, -0.25) is 5.01 Å². The van der Waals surface area contributed by atoms with Crippen molar-refractivity contribution in [2.75, 3.05) is 5.32 Å². The average molecular weight is 338 g/mol. The molecule has 1 unspecified atom stereocenters. The number of allylic oxidation sites excluding steroid dienone is 2. The maximum absolute atomic E-state index is 6.08. The minimum absolute atomic E-state index is 0.144. The Kier molecular flexibility index (Phi) is 3.70. The first-order valence-corrected chi connectivity index (χ1v) is 8.05. The third-order valence-electron chi connectivity index (χ3n) is 4.04. The van der Waals surface area contributed by atoms with E-state index in [-0.39, 0.29) is 6.04 Å². The lowest BCUT2D eigenvalue weighted by molar-refractivity contribution is 0.327. The number of halogens is 1. The molecule has 24 heavy (non-hydrogen) atoms. The highest BCUT2D eigenvalue weighted by atomic mass is 35.5. The summed E-state index contributed by atoms with van der Waals surface area (Å²) >= 11 is 6.08. The third-order valence-corrected chi connectivity index (χ3v) is 4.27. The second-order valence-corrected chi connectivity index (χ2v) is 6.09. The molecule has 4 rings (SSSR count). The van der Waals surface area contributed by atoms with Crippen LogP contribution in [0.15, 0.2) is 61.1 Å². The molecule has 2 aliphatic rings. The first-order valence-electron chi connectivity index (χ1n) is 7.67. The lowest BCUT2D eigenvalue weighted by Gasteiger charge is -2.24. The van der Waals surface area contributed by atoms with Gasteiger partial charge in [0.05, 0.1) is 11.7 Å². The Morgan fingerprint density at radius 3 is 3.08 bits per heavy atom. The van der Waals surface area contributed by atoms with Crippen molar-refractivity contribution in [3.63, 3.8) is 0 Å². The van der Waals surface area contributed by atoms with Crippen molar-refractivity contribution < 1.29 is 0 Å². The van der Waals surface area contributed by atoms with Crippen molar-refractivity contribution in [1.82, 2.24) is 20.4 Å². The number of hydrogen-bond acceptors (Lipinski definition) is 5. The summed E-state index contributed by atoms with van der Waals surface area (Å²) < 4.78 is 0. The second kappa shape index (κ2) is 6.02. The highest BCUT2D eigenvalue weighted by Gasteiger charge is 2.26. The van der Waals surface area contributed by atoms with Gasteiger partial charge < -0.3 is 10.7 Å². The van der Waals surface area contributed by atoms with Gasteiger partial charge in [0.2, 0.25) is 5.95 Å². The van der Waals surface area contributed by atoms with E-state index < -0.39 is 0 Å². The van der Waals surface area contributed by atoms with Gasteiger partial charge in [0.15, 0.2) is 0 Å². The lowest BCUT2D eigenvalue weighted by Crippen LogP contribution is -2.33. The number of anilines is 2. The fraction of sp³-hybridized carbons (Fsp3) is 0.111. The number of aromatic nitrogens is 2. The van der Waals surface area contributed by atoms with Gasteiger partial charge in [0.25, 0.3) is 0 Å². The molecule has 0 spiro atoms. The highest BCUT2D eigenvalue weighted by Crippen LogP contribution is 2.28. The molecular formula is C18H16ClN5. The molecule has 6 heteroatoms. The average Bonchev–Trinajstić information content (AvgIpc) is 3.03. The number of nitrogens with zero attached hydrogens (tertiary/aromatic N) is 3. The number of hydrogen-bond donors (Lipinski definition) is 2. The quantitative estimate of drug-likeness (QED) is 0.892. The van der Waals surface area contributed by atoms with E-state index >= 15 is 0 Å². The van der Waals surface area contributed by atoms with E-state index in [1.54, 1.807) is 6.20 Å². The summed E-state index contributed by atoms with van der Waals surface area (Å²) in [5.41, 5.74) is 7.20. The number of hydrazine groups is 1. The minimum atomic E-state index is 0.144. The number of rotatable bonds is 3. The van der Waals surface area contributed by atoms with Crippen LogP contribution in [0, 0.1) is 6.92 Å². The SMILES string of the molecule is Cc1ccc(Cl)cc1Nc1nccc(C2=CNN3C=CC=CC23)n1. The van der Waals surface area contributed by atoms with Crippen LogP contribution in [0.2, 0.25) is 5.02 Å². The fourth-order valence-corrected chi connectivity index (χ4v) is 2.93. The highest BCUT2D eigenvalue weighted by molar-refractivity contribution is 6.30. The van der Waals surface area contributed by atoms with Crippen molar-refractivity contribution in [1.29, 1.82) is 0 Å². The van der Waals surface area contributed by atoms with E-state index in [1.807, 2.05) is 60.8 Å². The van der Waals surface area contributed by atoms with Crippen molar-refractivity contribution in [3.05, 3.63) is 77.4 Å². The molecule has 2 aromatic rings. The van der Waals surface area contributed by atoms with E-state index in [9.17, 15) is 0 Å². The standard InChI is InChI=1S/C18H16ClN5/c1-12-5-6-13(19)10-16(12)23-18-20-8-7-15(22-18)14-11-21-24-9-3-2-4-17(14)24/h2-11,17,21H,1H3,(H,20,22,23). The van der Waals surface area contributed by atoms with Gasteiger partial charge in [-0.05, 0) is 36.8 Å². The van der Waals surface area contributed by atoms with Crippen molar-refractivity contribution in [2.45, 2.75) is 13.0 Å². The second-order valence-electron chi connectivity index (χ2n) is 5.66. The van der Waals surface area contributed by atoms with E-state index in [2.05, 4.69) is 26.8 Å². The van der Waals surface area contributed by atoms with Gasteiger partial charge in [-0.25, -0.2) is 9.97 Å². The predicted octanol–water partition coefficient (Wildman–Crippen LogP) is 3.80. The van der Waals surface area contributed by atoms with Crippen LogP contribution in [0.25, 0.3) is 5.57 Å². The molecule has 0 saturated heterocycles. The number of benzene rings is 1. The summed E-state index contributed by atoms with van der Waals surface area (Å²) in [5.74, 6) is 0.549. The van der Waals surface area contributed by atoms with E-state index in [4.69, 9.17) is 11.6 Å². The molecule has 1 aromatic carbocycles. The van der Waals surface area contributed by atoms with E-state index in [0.717, 1.165) is 22.5 Å². The Balaban J connectivity index is 1.61. The van der Waals surface area contributed by atoms with Gasteiger partial charge in [0.1, 0.15) is 0 Å². The number of aryl methyl sites for hydroxylation is 1. The van der Waals surface area contributed by atoms with Gasteiger partial charge in [-0.15, -0.1) is 0 Å². The van der Waals surface area contributed by atoms with E-state index in [1.165, 1.54) is 0 Å². The molecule has 1 aromatic heterocycles. The van der Waals surface area contributed by atoms with Gasteiger partial charge in [-0.1, -0.05) is 29.8 Å². The smallest absolute Gasteiger partial charge is 0.227 e. The third kappa shape index (κ3) is 2.74. The number of fused-ring (bicyclic) bond motifs is 1.